The fraction of sp³-hybridized carbons (Fsp3) is 0.500. The summed E-state index contributed by atoms with van der Waals surface area (Å²) in [6.45, 7) is 7.37. The molecule has 172 valence electrons. The lowest BCUT2D eigenvalue weighted by molar-refractivity contribution is 0.181. The van der Waals surface area contributed by atoms with Crippen LogP contribution in [0.15, 0.2) is 26.9 Å². The van der Waals surface area contributed by atoms with Gasteiger partial charge in [-0.15, -0.1) is 21.5 Å². The molecule has 1 aliphatic heterocycles. The minimum atomic E-state index is 0.812. The largest absolute Gasteiger partial charge is 0.469 e. The molecule has 1 saturated heterocycles. The first-order valence-corrected chi connectivity index (χ1v) is 13.4. The first-order valence-electron chi connectivity index (χ1n) is 11.7. The molecule has 1 fully saturated rings. The van der Waals surface area contributed by atoms with E-state index in [1.54, 1.807) is 18.0 Å². The Labute approximate surface area is 201 Å². The van der Waals surface area contributed by atoms with Gasteiger partial charge in [0.15, 0.2) is 11.0 Å². The number of piperidine rings is 1. The molecule has 4 aromatic rings. The highest BCUT2D eigenvalue weighted by Gasteiger charge is 2.25. The molecule has 0 N–H and O–H groups in total. The molecule has 0 radical (unpaired) electrons. The number of rotatable bonds is 5. The van der Waals surface area contributed by atoms with E-state index in [4.69, 9.17) is 14.4 Å². The summed E-state index contributed by atoms with van der Waals surface area (Å²) in [5, 5.41) is 12.1. The van der Waals surface area contributed by atoms with Crippen molar-refractivity contribution in [3.63, 3.8) is 0 Å². The van der Waals surface area contributed by atoms with Crippen LogP contribution < -0.4 is 0 Å². The number of likely N-dealkylation sites (tertiary alicyclic amines) is 1. The first-order chi connectivity index (χ1) is 16.1. The second-order valence-electron chi connectivity index (χ2n) is 9.30. The number of furan rings is 1. The van der Waals surface area contributed by atoms with Crippen molar-refractivity contribution in [1.82, 2.24) is 29.6 Å². The van der Waals surface area contributed by atoms with E-state index in [1.807, 2.05) is 35.9 Å². The van der Waals surface area contributed by atoms with E-state index < -0.39 is 0 Å². The Morgan fingerprint density at radius 1 is 1.18 bits per heavy atom. The molecule has 0 amide bonds. The Bertz CT molecular complexity index is 1310. The van der Waals surface area contributed by atoms with Crippen molar-refractivity contribution in [2.45, 2.75) is 62.7 Å². The molecule has 9 heteroatoms. The number of hydrogen-bond acceptors (Lipinski definition) is 8. The zero-order chi connectivity index (χ0) is 22.5. The molecule has 1 aliphatic carbocycles. The van der Waals surface area contributed by atoms with Crippen LogP contribution in [-0.2, 0) is 26.4 Å². The van der Waals surface area contributed by atoms with Crippen molar-refractivity contribution in [2.24, 2.45) is 13.0 Å². The zero-order valence-corrected chi connectivity index (χ0v) is 20.9. The summed E-state index contributed by atoms with van der Waals surface area (Å²) in [5.41, 5.74) is 2.42. The Kier molecular flexibility index (Phi) is 5.50. The van der Waals surface area contributed by atoms with Crippen LogP contribution in [0.4, 0.5) is 0 Å². The van der Waals surface area contributed by atoms with Crippen LogP contribution in [0.2, 0.25) is 0 Å². The maximum absolute atomic E-state index is 5.48. The molecule has 6 rings (SSSR count). The van der Waals surface area contributed by atoms with Gasteiger partial charge in [-0.25, -0.2) is 9.97 Å². The molecule has 4 aromatic heterocycles. The van der Waals surface area contributed by atoms with E-state index in [1.165, 1.54) is 35.1 Å². The lowest BCUT2D eigenvalue weighted by Gasteiger charge is -2.29. The number of hydrogen-bond donors (Lipinski definition) is 0. The van der Waals surface area contributed by atoms with Gasteiger partial charge < -0.3 is 8.98 Å². The summed E-state index contributed by atoms with van der Waals surface area (Å²) in [6, 6.07) is 1.94. The van der Waals surface area contributed by atoms with Crippen molar-refractivity contribution in [2.75, 3.05) is 13.1 Å². The van der Waals surface area contributed by atoms with E-state index in [0.29, 0.717) is 0 Å². The summed E-state index contributed by atoms with van der Waals surface area (Å²) in [7, 11) is 2.01. The van der Waals surface area contributed by atoms with Gasteiger partial charge in [-0.2, -0.15) is 0 Å². The van der Waals surface area contributed by atoms with Gasteiger partial charge in [0, 0.05) is 17.3 Å². The highest BCUT2D eigenvalue weighted by molar-refractivity contribution is 7.99. The summed E-state index contributed by atoms with van der Waals surface area (Å²) < 4.78 is 7.52. The van der Waals surface area contributed by atoms with Crippen LogP contribution in [-0.4, -0.2) is 42.7 Å². The highest BCUT2D eigenvalue weighted by Crippen LogP contribution is 2.42. The maximum Gasteiger partial charge on any atom is 0.197 e. The van der Waals surface area contributed by atoms with Gasteiger partial charge in [-0.3, -0.25) is 4.90 Å². The first kappa shape index (κ1) is 21.3. The van der Waals surface area contributed by atoms with Gasteiger partial charge in [0.05, 0.1) is 18.4 Å². The molecule has 0 unspecified atom stereocenters. The molecule has 0 spiro atoms. The van der Waals surface area contributed by atoms with Gasteiger partial charge in [-0.05, 0) is 81.4 Å². The number of thiophene rings is 1. The Morgan fingerprint density at radius 2 is 2.03 bits per heavy atom. The minimum absolute atomic E-state index is 0.812. The van der Waals surface area contributed by atoms with E-state index >= 15 is 0 Å². The van der Waals surface area contributed by atoms with E-state index in [2.05, 4.69) is 22.0 Å². The third-order valence-electron chi connectivity index (χ3n) is 6.94. The normalized spacial score (nSPS) is 17.3. The molecule has 0 atom stereocenters. The van der Waals surface area contributed by atoms with Crippen LogP contribution in [0, 0.1) is 12.8 Å². The number of aromatic nitrogens is 5. The standard InChI is InChI=1S/C24H28N6OS2/c1-14-7-10-30(11-8-14)13-19-25-22-20(17-5-4-6-18(17)32-22)23(26-19)33-24-28-27-21(29(24)3)16-9-12-31-15(16)2/h9,12,14H,4-8,10-11,13H2,1-3H3. The Balaban J connectivity index is 1.37. The number of fused-ring (bicyclic) bond motifs is 3. The highest BCUT2D eigenvalue weighted by atomic mass is 32.2. The molecular weight excluding hydrogens is 452 g/mol. The monoisotopic (exact) mass is 480 g/mol. The quantitative estimate of drug-likeness (QED) is 0.361. The topological polar surface area (TPSA) is 72.9 Å². The van der Waals surface area contributed by atoms with Crippen LogP contribution in [0.1, 0.15) is 48.2 Å². The number of nitrogens with zero attached hydrogens (tertiary/aromatic N) is 6. The summed E-state index contributed by atoms with van der Waals surface area (Å²) in [4.78, 5) is 15.3. The summed E-state index contributed by atoms with van der Waals surface area (Å²) >= 11 is 3.47. The molecule has 2 aliphatic rings. The SMILES string of the molecule is Cc1occc1-c1nnc(Sc2nc(CN3CCC(C)CC3)nc3sc4c(c23)CCC4)n1C. The van der Waals surface area contributed by atoms with Crippen molar-refractivity contribution in [3.05, 3.63) is 34.4 Å². The van der Waals surface area contributed by atoms with Crippen molar-refractivity contribution >= 4 is 33.3 Å². The van der Waals surface area contributed by atoms with Crippen molar-refractivity contribution in [3.8, 4) is 11.4 Å². The molecule has 33 heavy (non-hydrogen) atoms. The fourth-order valence-electron chi connectivity index (χ4n) is 4.91. The minimum Gasteiger partial charge on any atom is -0.469 e. The van der Waals surface area contributed by atoms with Gasteiger partial charge in [0.25, 0.3) is 0 Å². The molecule has 0 bridgehead atoms. The molecule has 7 nitrogen and oxygen atoms in total. The second kappa shape index (κ2) is 8.52. The predicted octanol–water partition coefficient (Wildman–Crippen LogP) is 5.26. The Hall–Kier alpha value is -2.23. The third-order valence-corrected chi connectivity index (χ3v) is 9.15. The zero-order valence-electron chi connectivity index (χ0n) is 19.3. The van der Waals surface area contributed by atoms with Gasteiger partial charge >= 0.3 is 0 Å². The lowest BCUT2D eigenvalue weighted by Crippen LogP contribution is -2.33. The van der Waals surface area contributed by atoms with Gasteiger partial charge in [0.1, 0.15) is 21.4 Å². The van der Waals surface area contributed by atoms with Gasteiger partial charge in [-0.1, -0.05) is 6.92 Å². The molecule has 5 heterocycles. The van der Waals surface area contributed by atoms with Crippen molar-refractivity contribution in [1.29, 1.82) is 0 Å². The van der Waals surface area contributed by atoms with Crippen LogP contribution >= 0.6 is 23.1 Å². The summed E-state index contributed by atoms with van der Waals surface area (Å²) in [6.07, 6.45) is 7.71. The fourth-order valence-corrected chi connectivity index (χ4v) is 7.21. The third kappa shape index (κ3) is 3.90. The average Bonchev–Trinajstić information content (AvgIpc) is 3.56. The van der Waals surface area contributed by atoms with E-state index in [-0.39, 0.29) is 0 Å². The second-order valence-corrected chi connectivity index (χ2v) is 11.3. The lowest BCUT2D eigenvalue weighted by atomic mass is 9.99. The smallest absolute Gasteiger partial charge is 0.197 e. The van der Waals surface area contributed by atoms with Crippen LogP contribution in [0.5, 0.6) is 0 Å². The van der Waals surface area contributed by atoms with E-state index in [9.17, 15) is 0 Å². The molecule has 0 aromatic carbocycles. The van der Waals surface area contributed by atoms with Crippen LogP contribution in [0.25, 0.3) is 21.6 Å². The molecular formula is C24H28N6OS2. The summed E-state index contributed by atoms with van der Waals surface area (Å²) in [5.74, 6) is 3.40. The van der Waals surface area contributed by atoms with Crippen LogP contribution in [0.3, 0.4) is 0 Å². The van der Waals surface area contributed by atoms with E-state index in [0.717, 1.165) is 76.4 Å². The maximum atomic E-state index is 5.48. The predicted molar refractivity (Wildman–Crippen MR) is 131 cm³/mol. The average molecular weight is 481 g/mol. The molecule has 0 saturated carbocycles. The number of aryl methyl sites for hydroxylation is 3. The van der Waals surface area contributed by atoms with Gasteiger partial charge in [0.2, 0.25) is 0 Å². The Morgan fingerprint density at radius 3 is 2.82 bits per heavy atom. The van der Waals surface area contributed by atoms with Crippen molar-refractivity contribution < 1.29 is 4.42 Å².